The van der Waals surface area contributed by atoms with Gasteiger partial charge in [0, 0.05) is 6.54 Å². The molecule has 4 nitrogen and oxygen atoms in total. The molecule has 0 aliphatic rings. The standard InChI is InChI=1S/C16H22ClN3O/c1-4-10-18-15(12-6-8-13(21-3)9-7-12)16-14(17)11-19-20(16)5-2/h6-9,11,15,18H,4-5,10H2,1-3H3. The molecule has 0 spiro atoms. The van der Waals surface area contributed by atoms with Gasteiger partial charge >= 0.3 is 0 Å². The molecule has 21 heavy (non-hydrogen) atoms. The number of nitrogens with one attached hydrogen (secondary N) is 1. The number of rotatable bonds is 7. The van der Waals surface area contributed by atoms with E-state index >= 15 is 0 Å². The highest BCUT2D eigenvalue weighted by atomic mass is 35.5. The zero-order chi connectivity index (χ0) is 15.2. The molecule has 1 aromatic carbocycles. The van der Waals surface area contributed by atoms with E-state index in [0.29, 0.717) is 5.02 Å². The van der Waals surface area contributed by atoms with Crippen LogP contribution in [0.25, 0.3) is 0 Å². The van der Waals surface area contributed by atoms with Crippen LogP contribution in [0, 0.1) is 0 Å². The Bertz CT molecular complexity index is 565. The molecule has 0 aliphatic carbocycles. The normalized spacial score (nSPS) is 12.4. The van der Waals surface area contributed by atoms with Crippen LogP contribution in [0.4, 0.5) is 0 Å². The lowest BCUT2D eigenvalue weighted by Gasteiger charge is -2.21. The third-order valence-electron chi connectivity index (χ3n) is 3.45. The summed E-state index contributed by atoms with van der Waals surface area (Å²) in [6, 6.07) is 8.10. The minimum atomic E-state index is 0.0332. The third kappa shape index (κ3) is 3.57. The Labute approximate surface area is 131 Å². The van der Waals surface area contributed by atoms with Crippen molar-refractivity contribution in [2.24, 2.45) is 0 Å². The summed E-state index contributed by atoms with van der Waals surface area (Å²) in [6.45, 7) is 5.93. The first-order chi connectivity index (χ1) is 10.2. The molecular formula is C16H22ClN3O. The van der Waals surface area contributed by atoms with Gasteiger partial charge in [-0.3, -0.25) is 4.68 Å². The van der Waals surface area contributed by atoms with E-state index in [-0.39, 0.29) is 6.04 Å². The van der Waals surface area contributed by atoms with Gasteiger partial charge in [-0.2, -0.15) is 5.10 Å². The monoisotopic (exact) mass is 307 g/mol. The Kier molecular flexibility index (Phi) is 5.65. The Morgan fingerprint density at radius 2 is 2.00 bits per heavy atom. The van der Waals surface area contributed by atoms with Crippen molar-refractivity contribution in [3.8, 4) is 5.75 Å². The van der Waals surface area contributed by atoms with Crippen LogP contribution >= 0.6 is 11.6 Å². The fourth-order valence-electron chi connectivity index (χ4n) is 2.37. The maximum atomic E-state index is 6.36. The van der Waals surface area contributed by atoms with Crippen LogP contribution in [0.2, 0.25) is 5.02 Å². The second kappa shape index (κ2) is 7.48. The molecule has 2 aromatic rings. The van der Waals surface area contributed by atoms with Gasteiger partial charge in [0.2, 0.25) is 0 Å². The molecule has 0 aliphatic heterocycles. The van der Waals surface area contributed by atoms with Gasteiger partial charge in [0.15, 0.2) is 0 Å². The van der Waals surface area contributed by atoms with Gasteiger partial charge in [0.05, 0.1) is 30.1 Å². The molecule has 0 saturated heterocycles. The maximum Gasteiger partial charge on any atom is 0.118 e. The number of halogens is 1. The first-order valence-corrected chi connectivity index (χ1v) is 7.67. The quantitative estimate of drug-likeness (QED) is 0.848. The first-order valence-electron chi connectivity index (χ1n) is 7.29. The fraction of sp³-hybridized carbons (Fsp3) is 0.438. The van der Waals surface area contributed by atoms with Gasteiger partial charge < -0.3 is 10.1 Å². The zero-order valence-corrected chi connectivity index (χ0v) is 13.5. The summed E-state index contributed by atoms with van der Waals surface area (Å²) in [5.41, 5.74) is 2.17. The molecule has 1 heterocycles. The number of aryl methyl sites for hydroxylation is 1. The van der Waals surface area contributed by atoms with Crippen molar-refractivity contribution in [3.63, 3.8) is 0 Å². The van der Waals surface area contributed by atoms with E-state index < -0.39 is 0 Å². The third-order valence-corrected chi connectivity index (χ3v) is 3.75. The molecule has 1 atom stereocenters. The highest BCUT2D eigenvalue weighted by molar-refractivity contribution is 6.31. The van der Waals surface area contributed by atoms with Crippen LogP contribution in [0.1, 0.15) is 37.6 Å². The number of aromatic nitrogens is 2. The van der Waals surface area contributed by atoms with Gasteiger partial charge in [-0.15, -0.1) is 0 Å². The summed E-state index contributed by atoms with van der Waals surface area (Å²) in [4.78, 5) is 0. The van der Waals surface area contributed by atoms with Gasteiger partial charge in [0.25, 0.3) is 0 Å². The van der Waals surface area contributed by atoms with Crippen molar-refractivity contribution in [3.05, 3.63) is 46.7 Å². The molecule has 0 bridgehead atoms. The van der Waals surface area contributed by atoms with E-state index in [9.17, 15) is 0 Å². The van der Waals surface area contributed by atoms with Crippen molar-refractivity contribution < 1.29 is 4.74 Å². The summed E-state index contributed by atoms with van der Waals surface area (Å²) < 4.78 is 7.17. The van der Waals surface area contributed by atoms with E-state index in [4.69, 9.17) is 16.3 Å². The van der Waals surface area contributed by atoms with Crippen LogP contribution in [0.15, 0.2) is 30.5 Å². The summed E-state index contributed by atoms with van der Waals surface area (Å²) in [5.74, 6) is 0.850. The lowest BCUT2D eigenvalue weighted by atomic mass is 10.0. The smallest absolute Gasteiger partial charge is 0.118 e. The number of benzene rings is 1. The summed E-state index contributed by atoms with van der Waals surface area (Å²) >= 11 is 6.36. The Morgan fingerprint density at radius 1 is 1.29 bits per heavy atom. The fourth-order valence-corrected chi connectivity index (χ4v) is 2.62. The number of methoxy groups -OCH3 is 1. The highest BCUT2D eigenvalue weighted by Crippen LogP contribution is 2.29. The highest BCUT2D eigenvalue weighted by Gasteiger charge is 2.21. The van der Waals surface area contributed by atoms with E-state index in [1.54, 1.807) is 13.3 Å². The van der Waals surface area contributed by atoms with Gasteiger partial charge in [-0.05, 0) is 37.6 Å². The zero-order valence-electron chi connectivity index (χ0n) is 12.8. The number of hydrogen-bond acceptors (Lipinski definition) is 3. The minimum Gasteiger partial charge on any atom is -0.497 e. The molecule has 114 valence electrons. The molecule has 1 unspecified atom stereocenters. The summed E-state index contributed by atoms with van der Waals surface area (Å²) in [6.07, 6.45) is 2.77. The molecule has 0 fully saturated rings. The van der Waals surface area contributed by atoms with E-state index in [1.165, 1.54) is 0 Å². The maximum absolute atomic E-state index is 6.36. The second-order valence-electron chi connectivity index (χ2n) is 4.85. The van der Waals surface area contributed by atoms with Crippen molar-refractivity contribution in [1.29, 1.82) is 0 Å². The molecule has 1 aromatic heterocycles. The van der Waals surface area contributed by atoms with Crippen molar-refractivity contribution in [2.45, 2.75) is 32.9 Å². The largest absolute Gasteiger partial charge is 0.497 e. The number of nitrogens with zero attached hydrogens (tertiary/aromatic N) is 2. The summed E-state index contributed by atoms with van der Waals surface area (Å²) in [7, 11) is 1.67. The van der Waals surface area contributed by atoms with Crippen LogP contribution < -0.4 is 10.1 Å². The predicted molar refractivity (Wildman–Crippen MR) is 86.0 cm³/mol. The molecular weight excluding hydrogens is 286 g/mol. The SMILES string of the molecule is CCCNC(c1ccc(OC)cc1)c1c(Cl)cnn1CC. The van der Waals surface area contributed by atoms with E-state index in [1.807, 2.05) is 16.8 Å². The Balaban J connectivity index is 2.39. The number of ether oxygens (including phenoxy) is 1. The number of hydrogen-bond donors (Lipinski definition) is 1. The lowest BCUT2D eigenvalue weighted by molar-refractivity contribution is 0.414. The molecule has 0 saturated carbocycles. The second-order valence-corrected chi connectivity index (χ2v) is 5.26. The van der Waals surface area contributed by atoms with Gasteiger partial charge in [-0.25, -0.2) is 0 Å². The average Bonchev–Trinajstić information content (AvgIpc) is 2.89. The van der Waals surface area contributed by atoms with Gasteiger partial charge in [0.1, 0.15) is 5.75 Å². The molecule has 5 heteroatoms. The average molecular weight is 308 g/mol. The predicted octanol–water partition coefficient (Wildman–Crippen LogP) is 3.65. The lowest BCUT2D eigenvalue weighted by Crippen LogP contribution is -2.26. The van der Waals surface area contributed by atoms with Crippen LogP contribution in [0.5, 0.6) is 5.75 Å². The molecule has 0 amide bonds. The van der Waals surface area contributed by atoms with E-state index in [2.05, 4.69) is 36.4 Å². The Morgan fingerprint density at radius 3 is 2.57 bits per heavy atom. The van der Waals surface area contributed by atoms with Crippen molar-refractivity contribution in [2.75, 3.05) is 13.7 Å². The van der Waals surface area contributed by atoms with Crippen molar-refractivity contribution >= 4 is 11.6 Å². The Hall–Kier alpha value is -1.52. The van der Waals surface area contributed by atoms with Crippen LogP contribution in [-0.2, 0) is 6.54 Å². The van der Waals surface area contributed by atoms with Gasteiger partial charge in [-0.1, -0.05) is 30.7 Å². The van der Waals surface area contributed by atoms with Crippen LogP contribution in [-0.4, -0.2) is 23.4 Å². The van der Waals surface area contributed by atoms with Crippen LogP contribution in [0.3, 0.4) is 0 Å². The topological polar surface area (TPSA) is 39.1 Å². The van der Waals surface area contributed by atoms with E-state index in [0.717, 1.165) is 36.5 Å². The van der Waals surface area contributed by atoms with Crippen molar-refractivity contribution in [1.82, 2.24) is 15.1 Å². The first kappa shape index (κ1) is 15.9. The molecule has 0 radical (unpaired) electrons. The molecule has 2 rings (SSSR count). The minimum absolute atomic E-state index is 0.0332. The molecule has 1 N–H and O–H groups in total. The summed E-state index contributed by atoms with van der Waals surface area (Å²) in [5, 5.41) is 8.59.